The second-order valence-electron chi connectivity index (χ2n) is 6.62. The molecule has 0 saturated carbocycles. The lowest BCUT2D eigenvalue weighted by Gasteiger charge is -2.13. The number of sulfonamides is 1. The summed E-state index contributed by atoms with van der Waals surface area (Å²) in [6.45, 7) is 0.881. The molecular formula is C19H26N4O3S. The van der Waals surface area contributed by atoms with Gasteiger partial charge in [0.25, 0.3) is 5.91 Å². The van der Waals surface area contributed by atoms with Gasteiger partial charge in [-0.2, -0.15) is 0 Å². The van der Waals surface area contributed by atoms with Gasteiger partial charge in [-0.3, -0.25) is 4.79 Å². The van der Waals surface area contributed by atoms with Crippen molar-refractivity contribution in [2.75, 3.05) is 51.5 Å². The van der Waals surface area contributed by atoms with Crippen molar-refractivity contribution in [1.29, 1.82) is 0 Å². The van der Waals surface area contributed by atoms with E-state index in [9.17, 15) is 13.2 Å². The molecule has 0 spiro atoms. The van der Waals surface area contributed by atoms with Crippen LogP contribution in [0.5, 0.6) is 0 Å². The van der Waals surface area contributed by atoms with Gasteiger partial charge in [-0.15, -0.1) is 0 Å². The summed E-state index contributed by atoms with van der Waals surface area (Å²) in [6, 6.07) is 13.4. The lowest BCUT2D eigenvalue weighted by atomic mass is 10.2. The van der Waals surface area contributed by atoms with Crippen molar-refractivity contribution in [3.63, 3.8) is 0 Å². The predicted molar refractivity (Wildman–Crippen MR) is 109 cm³/mol. The van der Waals surface area contributed by atoms with Gasteiger partial charge in [0.2, 0.25) is 10.0 Å². The van der Waals surface area contributed by atoms with Crippen LogP contribution in [0, 0.1) is 0 Å². The van der Waals surface area contributed by atoms with E-state index in [2.05, 4.69) is 10.0 Å². The fraction of sp³-hybridized carbons (Fsp3) is 0.316. The third-order valence-corrected chi connectivity index (χ3v) is 5.36. The number of anilines is 2. The van der Waals surface area contributed by atoms with E-state index in [4.69, 9.17) is 0 Å². The number of likely N-dealkylation sites (N-methyl/N-ethyl adjacent to an activating group) is 1. The van der Waals surface area contributed by atoms with E-state index in [0.717, 1.165) is 5.69 Å². The Kier molecular flexibility index (Phi) is 6.95. The third-order valence-electron chi connectivity index (χ3n) is 3.90. The summed E-state index contributed by atoms with van der Waals surface area (Å²) in [5.74, 6) is -0.363. The Balaban J connectivity index is 2.10. The molecule has 0 atom stereocenters. The monoisotopic (exact) mass is 390 g/mol. The van der Waals surface area contributed by atoms with E-state index in [1.807, 2.05) is 50.1 Å². The number of hydrogen-bond acceptors (Lipinski definition) is 5. The molecule has 0 unspecified atom stereocenters. The molecule has 0 aliphatic rings. The van der Waals surface area contributed by atoms with Gasteiger partial charge in [-0.05, 0) is 56.6 Å². The molecule has 27 heavy (non-hydrogen) atoms. The summed E-state index contributed by atoms with van der Waals surface area (Å²) in [5.41, 5.74) is 1.94. The molecule has 2 aromatic rings. The van der Waals surface area contributed by atoms with Gasteiger partial charge < -0.3 is 15.1 Å². The molecule has 1 amide bonds. The number of benzene rings is 2. The number of carbonyl (C=O) groups excluding carboxylic acids is 1. The van der Waals surface area contributed by atoms with Gasteiger partial charge >= 0.3 is 0 Å². The maximum Gasteiger partial charge on any atom is 0.255 e. The van der Waals surface area contributed by atoms with E-state index in [1.54, 1.807) is 24.3 Å². The summed E-state index contributed by atoms with van der Waals surface area (Å²) < 4.78 is 27.3. The average molecular weight is 391 g/mol. The van der Waals surface area contributed by atoms with Gasteiger partial charge in [0.15, 0.2) is 0 Å². The van der Waals surface area contributed by atoms with E-state index < -0.39 is 10.0 Å². The Bertz CT molecular complexity index is 878. The molecule has 0 radical (unpaired) electrons. The second-order valence-corrected chi connectivity index (χ2v) is 8.39. The summed E-state index contributed by atoms with van der Waals surface area (Å²) in [5, 5.41) is 2.78. The lowest BCUT2D eigenvalue weighted by Crippen LogP contribution is -2.31. The van der Waals surface area contributed by atoms with Crippen molar-refractivity contribution in [3.8, 4) is 0 Å². The molecule has 7 nitrogen and oxygen atoms in total. The van der Waals surface area contributed by atoms with E-state index in [0.29, 0.717) is 18.8 Å². The summed E-state index contributed by atoms with van der Waals surface area (Å²) in [6.07, 6.45) is 0. The molecular weight excluding hydrogens is 364 g/mol. The minimum absolute atomic E-state index is 0.0665. The Morgan fingerprint density at radius 3 is 2.26 bits per heavy atom. The zero-order valence-corrected chi connectivity index (χ0v) is 16.9. The second kappa shape index (κ2) is 8.98. The SMILES string of the molecule is CN(C)CCNS(=O)(=O)c1cccc(C(=O)Nc2ccc(N(C)C)cc2)c1. The first-order valence-corrected chi connectivity index (χ1v) is 10.0. The molecule has 2 rings (SSSR count). The van der Waals surface area contributed by atoms with Crippen LogP contribution in [0.1, 0.15) is 10.4 Å². The van der Waals surface area contributed by atoms with Crippen molar-refractivity contribution in [3.05, 3.63) is 54.1 Å². The molecule has 146 valence electrons. The normalized spacial score (nSPS) is 11.4. The third kappa shape index (κ3) is 6.06. The Hall–Kier alpha value is -2.42. The summed E-state index contributed by atoms with van der Waals surface area (Å²) in [4.78, 5) is 16.4. The fourth-order valence-corrected chi connectivity index (χ4v) is 3.40. The van der Waals surface area contributed by atoms with Crippen LogP contribution in [-0.4, -0.2) is 60.5 Å². The first kappa shape index (κ1) is 20.9. The summed E-state index contributed by atoms with van der Waals surface area (Å²) >= 11 is 0. The van der Waals surface area contributed by atoms with E-state index in [1.165, 1.54) is 12.1 Å². The molecule has 0 saturated heterocycles. The van der Waals surface area contributed by atoms with Gasteiger partial charge in [0, 0.05) is 44.1 Å². The zero-order valence-electron chi connectivity index (χ0n) is 16.1. The number of amides is 1. The van der Waals surface area contributed by atoms with Crippen LogP contribution < -0.4 is 14.9 Å². The number of nitrogens with one attached hydrogen (secondary N) is 2. The van der Waals surface area contributed by atoms with Crippen molar-refractivity contribution >= 4 is 27.3 Å². The molecule has 0 bridgehead atoms. The van der Waals surface area contributed by atoms with E-state index in [-0.39, 0.29) is 16.4 Å². The zero-order chi connectivity index (χ0) is 20.0. The van der Waals surface area contributed by atoms with Crippen molar-refractivity contribution in [1.82, 2.24) is 9.62 Å². The van der Waals surface area contributed by atoms with Crippen LogP contribution in [0.3, 0.4) is 0 Å². The first-order valence-electron chi connectivity index (χ1n) is 8.52. The highest BCUT2D eigenvalue weighted by Crippen LogP contribution is 2.17. The topological polar surface area (TPSA) is 81.8 Å². The van der Waals surface area contributed by atoms with Crippen molar-refractivity contribution < 1.29 is 13.2 Å². The number of nitrogens with zero attached hydrogens (tertiary/aromatic N) is 2. The highest BCUT2D eigenvalue weighted by atomic mass is 32.2. The average Bonchev–Trinajstić information content (AvgIpc) is 2.61. The Morgan fingerprint density at radius 1 is 1.00 bits per heavy atom. The quantitative estimate of drug-likeness (QED) is 0.719. The van der Waals surface area contributed by atoms with Crippen LogP contribution >= 0.6 is 0 Å². The largest absolute Gasteiger partial charge is 0.378 e. The van der Waals surface area contributed by atoms with Gasteiger partial charge in [0.1, 0.15) is 0 Å². The number of rotatable bonds is 8. The maximum absolute atomic E-state index is 12.5. The standard InChI is InChI=1S/C19H26N4O3S/c1-22(2)13-12-20-27(25,26)18-7-5-6-15(14-18)19(24)21-16-8-10-17(11-9-16)23(3)4/h5-11,14,20H,12-13H2,1-4H3,(H,21,24). The molecule has 2 aromatic carbocycles. The number of carbonyl (C=O) groups is 1. The molecule has 0 aromatic heterocycles. The maximum atomic E-state index is 12.5. The minimum Gasteiger partial charge on any atom is -0.378 e. The number of hydrogen-bond donors (Lipinski definition) is 2. The molecule has 0 aliphatic heterocycles. The van der Waals surface area contributed by atoms with Gasteiger partial charge in [-0.1, -0.05) is 6.07 Å². The highest BCUT2D eigenvalue weighted by molar-refractivity contribution is 7.89. The van der Waals surface area contributed by atoms with Crippen LogP contribution in [0.4, 0.5) is 11.4 Å². The Labute approximate surface area is 161 Å². The van der Waals surface area contributed by atoms with Crippen LogP contribution in [0.15, 0.2) is 53.4 Å². The minimum atomic E-state index is -3.66. The van der Waals surface area contributed by atoms with Gasteiger partial charge in [0.05, 0.1) is 4.90 Å². The molecule has 8 heteroatoms. The first-order chi connectivity index (χ1) is 12.7. The van der Waals surface area contributed by atoms with Crippen LogP contribution in [0.2, 0.25) is 0 Å². The molecule has 2 N–H and O–H groups in total. The lowest BCUT2D eigenvalue weighted by molar-refractivity contribution is 0.102. The van der Waals surface area contributed by atoms with Crippen molar-refractivity contribution in [2.24, 2.45) is 0 Å². The molecule has 0 aliphatic carbocycles. The van der Waals surface area contributed by atoms with E-state index >= 15 is 0 Å². The predicted octanol–water partition coefficient (Wildman–Crippen LogP) is 1.84. The smallest absolute Gasteiger partial charge is 0.255 e. The van der Waals surface area contributed by atoms with Crippen LogP contribution in [0.25, 0.3) is 0 Å². The molecule has 0 heterocycles. The highest BCUT2D eigenvalue weighted by Gasteiger charge is 2.16. The summed E-state index contributed by atoms with van der Waals surface area (Å²) in [7, 11) is 3.94. The Morgan fingerprint density at radius 2 is 1.67 bits per heavy atom. The molecule has 0 fully saturated rings. The van der Waals surface area contributed by atoms with Crippen LogP contribution in [-0.2, 0) is 10.0 Å². The van der Waals surface area contributed by atoms with Crippen molar-refractivity contribution in [2.45, 2.75) is 4.90 Å². The fourth-order valence-electron chi connectivity index (χ4n) is 2.34. The van der Waals surface area contributed by atoms with Gasteiger partial charge in [-0.25, -0.2) is 13.1 Å².